The number of aromatic amines is 1. The molecule has 2 aromatic heterocycles. The summed E-state index contributed by atoms with van der Waals surface area (Å²) in [4.78, 5) is 0.932. The predicted molar refractivity (Wildman–Crippen MR) is 83.3 cm³/mol. The number of hydrogen-bond acceptors (Lipinski definition) is 4. The van der Waals surface area contributed by atoms with Crippen LogP contribution in [0.15, 0.2) is 35.7 Å². The molecule has 0 amide bonds. The average Bonchev–Trinajstić information content (AvgIpc) is 3.05. The summed E-state index contributed by atoms with van der Waals surface area (Å²) in [5, 5.41) is 9.69. The van der Waals surface area contributed by atoms with Crippen LogP contribution in [0.4, 0.5) is 5.82 Å². The van der Waals surface area contributed by atoms with Crippen LogP contribution in [0.3, 0.4) is 0 Å². The van der Waals surface area contributed by atoms with E-state index in [1.807, 2.05) is 35.7 Å². The molecule has 3 N–H and O–H groups in total. The highest BCUT2D eigenvalue weighted by Crippen LogP contribution is 2.40. The van der Waals surface area contributed by atoms with E-state index in [1.165, 1.54) is 0 Å². The van der Waals surface area contributed by atoms with Crippen molar-refractivity contribution in [2.45, 2.75) is 0 Å². The van der Waals surface area contributed by atoms with Crippen molar-refractivity contribution in [1.82, 2.24) is 10.2 Å². The van der Waals surface area contributed by atoms with Gasteiger partial charge in [-0.25, -0.2) is 0 Å². The fraction of sp³-hybridized carbons (Fsp3) is 0.0714. The minimum atomic E-state index is 0.453. The molecule has 4 nitrogen and oxygen atoms in total. The maximum absolute atomic E-state index is 6.19. The minimum absolute atomic E-state index is 0.453. The van der Waals surface area contributed by atoms with Gasteiger partial charge in [-0.15, -0.1) is 11.3 Å². The second kappa shape index (κ2) is 5.19. The first kappa shape index (κ1) is 13.0. The number of anilines is 1. The summed E-state index contributed by atoms with van der Waals surface area (Å²) in [5.74, 6) is 1.25. The van der Waals surface area contributed by atoms with Gasteiger partial charge >= 0.3 is 0 Å². The Bertz CT molecular complexity index is 733. The second-order valence-corrected chi connectivity index (χ2v) is 5.51. The third-order valence-corrected chi connectivity index (χ3v) is 4.38. The van der Waals surface area contributed by atoms with Gasteiger partial charge in [-0.05, 0) is 29.1 Å². The number of nitrogens with zero attached hydrogens (tertiary/aromatic N) is 1. The molecule has 0 saturated carbocycles. The van der Waals surface area contributed by atoms with Crippen molar-refractivity contribution in [2.24, 2.45) is 0 Å². The summed E-state index contributed by atoms with van der Waals surface area (Å²) < 4.78 is 5.16. The SMILES string of the molecule is COc1ccc(-c2c(N)n[nH]c2-c2sccc2Cl)cc1. The molecule has 2 heterocycles. The smallest absolute Gasteiger partial charge is 0.153 e. The van der Waals surface area contributed by atoms with Gasteiger partial charge in [0.25, 0.3) is 0 Å². The van der Waals surface area contributed by atoms with Gasteiger partial charge in [0.1, 0.15) is 5.75 Å². The molecule has 102 valence electrons. The third-order valence-electron chi connectivity index (χ3n) is 3.02. The van der Waals surface area contributed by atoms with Crippen molar-refractivity contribution in [2.75, 3.05) is 12.8 Å². The Labute approximate surface area is 125 Å². The number of thiophene rings is 1. The molecule has 0 fully saturated rings. The third kappa shape index (κ3) is 2.15. The van der Waals surface area contributed by atoms with Crippen molar-refractivity contribution in [3.8, 4) is 27.4 Å². The number of hydrogen-bond donors (Lipinski definition) is 2. The van der Waals surface area contributed by atoms with E-state index in [0.717, 1.165) is 27.4 Å². The van der Waals surface area contributed by atoms with Gasteiger partial charge in [0.15, 0.2) is 5.82 Å². The summed E-state index contributed by atoms with van der Waals surface area (Å²) in [5.41, 5.74) is 8.66. The molecule has 0 radical (unpaired) electrons. The monoisotopic (exact) mass is 305 g/mol. The standard InChI is InChI=1S/C14H12ClN3OS/c1-19-9-4-2-8(3-5-9)11-12(17-18-14(11)16)13-10(15)6-7-20-13/h2-7H,1H3,(H3,16,17,18). The molecule has 0 bridgehead atoms. The highest BCUT2D eigenvalue weighted by molar-refractivity contribution is 7.14. The quantitative estimate of drug-likeness (QED) is 0.767. The minimum Gasteiger partial charge on any atom is -0.497 e. The first-order valence-corrected chi connectivity index (χ1v) is 7.18. The van der Waals surface area contributed by atoms with E-state index in [0.29, 0.717) is 10.8 Å². The zero-order chi connectivity index (χ0) is 14.1. The molecule has 20 heavy (non-hydrogen) atoms. The van der Waals surface area contributed by atoms with Crippen molar-refractivity contribution in [3.63, 3.8) is 0 Å². The predicted octanol–water partition coefficient (Wildman–Crippen LogP) is 4.05. The first-order chi connectivity index (χ1) is 9.70. The van der Waals surface area contributed by atoms with Gasteiger partial charge < -0.3 is 10.5 Å². The summed E-state index contributed by atoms with van der Waals surface area (Å²) >= 11 is 7.74. The van der Waals surface area contributed by atoms with Crippen LogP contribution in [0.25, 0.3) is 21.7 Å². The lowest BCUT2D eigenvalue weighted by atomic mass is 10.0. The fourth-order valence-electron chi connectivity index (χ4n) is 2.04. The highest BCUT2D eigenvalue weighted by atomic mass is 35.5. The molecular formula is C14H12ClN3OS. The number of nitrogens with two attached hydrogens (primary N) is 1. The van der Waals surface area contributed by atoms with Crippen LogP contribution in [-0.2, 0) is 0 Å². The Morgan fingerprint density at radius 2 is 2.00 bits per heavy atom. The molecule has 3 rings (SSSR count). The Kier molecular flexibility index (Phi) is 3.38. The lowest BCUT2D eigenvalue weighted by Crippen LogP contribution is -1.89. The number of aromatic nitrogens is 2. The summed E-state index contributed by atoms with van der Waals surface area (Å²) in [6.45, 7) is 0. The molecule has 0 unspecified atom stereocenters. The molecule has 0 aliphatic heterocycles. The lowest BCUT2D eigenvalue weighted by molar-refractivity contribution is 0.415. The van der Waals surface area contributed by atoms with Crippen molar-refractivity contribution >= 4 is 28.8 Å². The van der Waals surface area contributed by atoms with E-state index in [4.69, 9.17) is 22.1 Å². The van der Waals surface area contributed by atoms with E-state index in [-0.39, 0.29) is 0 Å². The molecule has 6 heteroatoms. The van der Waals surface area contributed by atoms with E-state index < -0.39 is 0 Å². The van der Waals surface area contributed by atoms with E-state index in [9.17, 15) is 0 Å². The molecule has 1 aromatic carbocycles. The number of nitrogens with one attached hydrogen (secondary N) is 1. The van der Waals surface area contributed by atoms with Gasteiger partial charge in [-0.2, -0.15) is 5.10 Å². The van der Waals surface area contributed by atoms with Gasteiger partial charge in [0, 0.05) is 0 Å². The number of methoxy groups -OCH3 is 1. The lowest BCUT2D eigenvalue weighted by Gasteiger charge is -2.05. The Hall–Kier alpha value is -1.98. The second-order valence-electron chi connectivity index (χ2n) is 4.19. The fourth-order valence-corrected chi connectivity index (χ4v) is 3.19. The summed E-state index contributed by atoms with van der Waals surface area (Å²) in [6.07, 6.45) is 0. The number of rotatable bonds is 3. The Balaban J connectivity index is 2.13. The zero-order valence-electron chi connectivity index (χ0n) is 10.7. The first-order valence-electron chi connectivity index (χ1n) is 5.92. The van der Waals surface area contributed by atoms with Crippen LogP contribution < -0.4 is 10.5 Å². The molecule has 0 spiro atoms. The van der Waals surface area contributed by atoms with Gasteiger partial charge in [0.05, 0.1) is 28.3 Å². The highest BCUT2D eigenvalue weighted by Gasteiger charge is 2.17. The molecule has 0 atom stereocenters. The van der Waals surface area contributed by atoms with Gasteiger partial charge in [0.2, 0.25) is 0 Å². The van der Waals surface area contributed by atoms with Crippen molar-refractivity contribution in [3.05, 3.63) is 40.7 Å². The molecule has 0 aliphatic carbocycles. The number of halogens is 1. The summed E-state index contributed by atoms with van der Waals surface area (Å²) in [7, 11) is 1.64. The maximum Gasteiger partial charge on any atom is 0.153 e. The Morgan fingerprint density at radius 1 is 1.25 bits per heavy atom. The van der Waals surface area contributed by atoms with Crippen LogP contribution in [0.1, 0.15) is 0 Å². The normalized spacial score (nSPS) is 10.7. The van der Waals surface area contributed by atoms with Crippen molar-refractivity contribution < 1.29 is 4.74 Å². The van der Waals surface area contributed by atoms with Crippen LogP contribution >= 0.6 is 22.9 Å². The molecule has 0 saturated heterocycles. The number of ether oxygens (including phenoxy) is 1. The van der Waals surface area contributed by atoms with Gasteiger partial charge in [-0.3, -0.25) is 5.10 Å². The number of benzene rings is 1. The Morgan fingerprint density at radius 3 is 2.60 bits per heavy atom. The number of H-pyrrole nitrogens is 1. The summed E-state index contributed by atoms with van der Waals surface area (Å²) in [6, 6.07) is 9.54. The largest absolute Gasteiger partial charge is 0.497 e. The van der Waals surface area contributed by atoms with E-state index in [1.54, 1.807) is 18.4 Å². The van der Waals surface area contributed by atoms with E-state index >= 15 is 0 Å². The van der Waals surface area contributed by atoms with Crippen LogP contribution in [0.2, 0.25) is 5.02 Å². The maximum atomic E-state index is 6.19. The molecule has 3 aromatic rings. The van der Waals surface area contributed by atoms with Gasteiger partial charge in [-0.1, -0.05) is 23.7 Å². The zero-order valence-corrected chi connectivity index (χ0v) is 12.3. The van der Waals surface area contributed by atoms with E-state index in [2.05, 4.69) is 10.2 Å². The molecular weight excluding hydrogens is 294 g/mol. The average molecular weight is 306 g/mol. The van der Waals surface area contributed by atoms with Crippen LogP contribution in [0.5, 0.6) is 5.75 Å². The van der Waals surface area contributed by atoms with Crippen LogP contribution in [0, 0.1) is 0 Å². The topological polar surface area (TPSA) is 63.9 Å². The van der Waals surface area contributed by atoms with Crippen molar-refractivity contribution in [1.29, 1.82) is 0 Å². The van der Waals surface area contributed by atoms with Crippen LogP contribution in [-0.4, -0.2) is 17.3 Å². The molecule has 0 aliphatic rings. The number of nitrogen functional groups attached to an aromatic ring is 1.